The van der Waals surface area contributed by atoms with E-state index in [1.54, 1.807) is 26.8 Å². The lowest BCUT2D eigenvalue weighted by Gasteiger charge is -2.32. The molecule has 5 nitrogen and oxygen atoms in total. The number of hydrogen-bond donors (Lipinski definition) is 2. The van der Waals surface area contributed by atoms with Crippen LogP contribution in [0.15, 0.2) is 24.3 Å². The largest absolute Gasteiger partial charge is 0.444 e. The van der Waals surface area contributed by atoms with Gasteiger partial charge >= 0.3 is 12.3 Å². The zero-order valence-electron chi connectivity index (χ0n) is 17.1. The van der Waals surface area contributed by atoms with Crippen LogP contribution in [0.1, 0.15) is 52.1 Å². The maximum absolute atomic E-state index is 13.3. The number of amides is 1. The van der Waals surface area contributed by atoms with E-state index in [0.29, 0.717) is 22.5 Å². The molecule has 0 spiro atoms. The summed E-state index contributed by atoms with van der Waals surface area (Å²) in [6.45, 7) is 5.36. The Morgan fingerprint density at radius 2 is 1.87 bits per heavy atom. The van der Waals surface area contributed by atoms with Crippen LogP contribution in [-0.4, -0.2) is 28.8 Å². The summed E-state index contributed by atoms with van der Waals surface area (Å²) >= 11 is 6.06. The number of carbonyl (C=O) groups is 1. The van der Waals surface area contributed by atoms with E-state index in [0.717, 1.165) is 25.3 Å². The Morgan fingerprint density at radius 1 is 1.17 bits per heavy atom. The van der Waals surface area contributed by atoms with Crippen molar-refractivity contribution in [2.45, 2.75) is 70.3 Å². The first-order chi connectivity index (χ1) is 13.9. The van der Waals surface area contributed by atoms with E-state index < -0.39 is 23.6 Å². The van der Waals surface area contributed by atoms with Crippen LogP contribution in [0.3, 0.4) is 0 Å². The van der Waals surface area contributed by atoms with Crippen molar-refractivity contribution >= 4 is 34.3 Å². The molecule has 30 heavy (non-hydrogen) atoms. The van der Waals surface area contributed by atoms with E-state index in [2.05, 4.69) is 15.6 Å². The molecule has 1 saturated carbocycles. The lowest BCUT2D eigenvalue weighted by Crippen LogP contribution is -2.43. The van der Waals surface area contributed by atoms with Gasteiger partial charge in [-0.3, -0.25) is 0 Å². The first-order valence-corrected chi connectivity index (χ1v) is 10.2. The van der Waals surface area contributed by atoms with Crippen molar-refractivity contribution in [3.8, 4) is 0 Å². The predicted octanol–water partition coefficient (Wildman–Crippen LogP) is 6.15. The number of pyridine rings is 1. The monoisotopic (exact) mass is 443 g/mol. The number of ether oxygens (including phenoxy) is 1. The summed E-state index contributed by atoms with van der Waals surface area (Å²) in [6, 6.07) is 5.39. The van der Waals surface area contributed by atoms with Crippen molar-refractivity contribution in [2.75, 3.05) is 5.32 Å². The second kappa shape index (κ2) is 8.49. The van der Waals surface area contributed by atoms with Crippen LogP contribution in [0.5, 0.6) is 0 Å². The van der Waals surface area contributed by atoms with Crippen molar-refractivity contribution in [3.63, 3.8) is 0 Å². The van der Waals surface area contributed by atoms with Gasteiger partial charge in [0, 0.05) is 28.2 Å². The van der Waals surface area contributed by atoms with Crippen molar-refractivity contribution < 1.29 is 22.7 Å². The summed E-state index contributed by atoms with van der Waals surface area (Å²) < 4.78 is 45.2. The fourth-order valence-corrected chi connectivity index (χ4v) is 3.78. The fraction of sp³-hybridized carbons (Fsp3) is 0.524. The Kier molecular flexibility index (Phi) is 6.36. The molecule has 164 valence electrons. The minimum atomic E-state index is -4.56. The normalized spacial score (nSPS) is 20.1. The molecule has 1 aliphatic carbocycles. The van der Waals surface area contributed by atoms with E-state index in [-0.39, 0.29) is 17.6 Å². The van der Waals surface area contributed by atoms with Gasteiger partial charge in [0.15, 0.2) is 0 Å². The van der Waals surface area contributed by atoms with Crippen LogP contribution in [-0.2, 0) is 10.9 Å². The second-order valence-corrected chi connectivity index (χ2v) is 9.00. The molecule has 1 amide bonds. The number of anilines is 1. The first kappa shape index (κ1) is 22.5. The van der Waals surface area contributed by atoms with Crippen LogP contribution in [0, 0.1) is 0 Å². The Hall–Kier alpha value is -2.22. The molecule has 0 saturated heterocycles. The Balaban J connectivity index is 1.79. The smallest absolute Gasteiger partial charge is 0.433 e. The zero-order valence-corrected chi connectivity index (χ0v) is 17.8. The summed E-state index contributed by atoms with van der Waals surface area (Å²) in [4.78, 5) is 15.8. The van der Waals surface area contributed by atoms with Gasteiger partial charge in [-0.15, -0.1) is 0 Å². The second-order valence-electron chi connectivity index (χ2n) is 8.57. The predicted molar refractivity (Wildman–Crippen MR) is 111 cm³/mol. The number of fused-ring (bicyclic) bond motifs is 1. The number of benzene rings is 1. The molecule has 2 aromatic rings. The highest BCUT2D eigenvalue weighted by Gasteiger charge is 2.34. The molecule has 1 fully saturated rings. The van der Waals surface area contributed by atoms with Crippen molar-refractivity contribution in [3.05, 3.63) is 35.0 Å². The zero-order chi connectivity index (χ0) is 22.1. The third kappa shape index (κ3) is 5.90. The number of rotatable bonds is 3. The summed E-state index contributed by atoms with van der Waals surface area (Å²) in [5, 5.41) is 7.03. The molecule has 0 radical (unpaired) electrons. The van der Waals surface area contributed by atoms with E-state index in [1.165, 1.54) is 12.1 Å². The van der Waals surface area contributed by atoms with E-state index in [9.17, 15) is 18.0 Å². The number of alkyl carbamates (subject to hydrolysis) is 1. The van der Waals surface area contributed by atoms with Gasteiger partial charge < -0.3 is 15.4 Å². The van der Waals surface area contributed by atoms with Gasteiger partial charge in [-0.2, -0.15) is 13.2 Å². The Labute approximate surface area is 178 Å². The summed E-state index contributed by atoms with van der Waals surface area (Å²) in [7, 11) is 0. The molecule has 3 rings (SSSR count). The summed E-state index contributed by atoms with van der Waals surface area (Å²) in [5.74, 6) is 0. The standard InChI is InChI=1S/C21H25ClF3N3O2/c1-20(2,3)30-19(29)27-14-6-4-5-13(10-14)26-17-11-18(21(23,24)25)28-16-8-7-12(22)9-15(16)17/h7-9,11,13-14H,4-6,10H2,1-3H3,(H,26,28)(H,27,29)/t13-,14+/m0/s1. The number of carbonyl (C=O) groups excluding carboxylic acids is 1. The van der Waals surface area contributed by atoms with Gasteiger partial charge in [0.2, 0.25) is 0 Å². The third-order valence-electron chi connectivity index (χ3n) is 4.82. The van der Waals surface area contributed by atoms with Gasteiger partial charge in [0.1, 0.15) is 11.3 Å². The number of nitrogens with zero attached hydrogens (tertiary/aromatic N) is 1. The van der Waals surface area contributed by atoms with Gasteiger partial charge in [-0.05, 0) is 70.7 Å². The Morgan fingerprint density at radius 3 is 2.53 bits per heavy atom. The van der Waals surface area contributed by atoms with Crippen molar-refractivity contribution in [2.24, 2.45) is 0 Å². The Bertz CT molecular complexity index is 928. The van der Waals surface area contributed by atoms with Gasteiger partial charge in [0.05, 0.1) is 5.52 Å². The molecular weight excluding hydrogens is 419 g/mol. The van der Waals surface area contributed by atoms with Gasteiger partial charge in [-0.1, -0.05) is 11.6 Å². The van der Waals surface area contributed by atoms with Gasteiger partial charge in [-0.25, -0.2) is 9.78 Å². The molecule has 0 unspecified atom stereocenters. The van der Waals surface area contributed by atoms with Crippen molar-refractivity contribution in [1.82, 2.24) is 10.3 Å². The molecule has 9 heteroatoms. The molecule has 1 aromatic heterocycles. The number of alkyl halides is 3. The van der Waals surface area contributed by atoms with E-state index in [1.807, 2.05) is 0 Å². The number of nitrogens with one attached hydrogen (secondary N) is 2. The molecule has 1 heterocycles. The lowest BCUT2D eigenvalue weighted by molar-refractivity contribution is -0.140. The number of aromatic nitrogens is 1. The first-order valence-electron chi connectivity index (χ1n) is 9.84. The fourth-order valence-electron chi connectivity index (χ4n) is 3.61. The molecule has 1 aliphatic rings. The van der Waals surface area contributed by atoms with Crippen LogP contribution in [0.2, 0.25) is 5.02 Å². The highest BCUT2D eigenvalue weighted by Crippen LogP contribution is 2.35. The molecule has 0 bridgehead atoms. The van der Waals surface area contributed by atoms with Crippen LogP contribution in [0.4, 0.5) is 23.7 Å². The molecule has 1 aromatic carbocycles. The van der Waals surface area contributed by atoms with Crippen LogP contribution < -0.4 is 10.6 Å². The maximum atomic E-state index is 13.3. The summed E-state index contributed by atoms with van der Waals surface area (Å²) in [6.07, 6.45) is -2.09. The maximum Gasteiger partial charge on any atom is 0.433 e. The summed E-state index contributed by atoms with van der Waals surface area (Å²) in [5.41, 5.74) is -1.01. The molecule has 2 atom stereocenters. The van der Waals surface area contributed by atoms with Crippen LogP contribution in [0.25, 0.3) is 10.9 Å². The van der Waals surface area contributed by atoms with E-state index in [4.69, 9.17) is 16.3 Å². The van der Waals surface area contributed by atoms with Gasteiger partial charge in [0.25, 0.3) is 0 Å². The number of halogens is 4. The van der Waals surface area contributed by atoms with Crippen molar-refractivity contribution in [1.29, 1.82) is 0 Å². The average molecular weight is 444 g/mol. The SMILES string of the molecule is CC(C)(C)OC(=O)N[C@@H]1CCC[C@H](Nc2cc(C(F)(F)F)nc3ccc(Cl)cc23)C1. The lowest BCUT2D eigenvalue weighted by atomic mass is 9.90. The third-order valence-corrected chi connectivity index (χ3v) is 5.05. The topological polar surface area (TPSA) is 63.2 Å². The molecule has 2 N–H and O–H groups in total. The average Bonchev–Trinajstić information content (AvgIpc) is 2.59. The van der Waals surface area contributed by atoms with Crippen LogP contribution >= 0.6 is 11.6 Å². The highest BCUT2D eigenvalue weighted by atomic mass is 35.5. The minimum absolute atomic E-state index is 0.107. The minimum Gasteiger partial charge on any atom is -0.444 e. The molecular formula is C21H25ClF3N3O2. The highest BCUT2D eigenvalue weighted by molar-refractivity contribution is 6.31. The molecule has 0 aliphatic heterocycles. The quantitative estimate of drug-likeness (QED) is 0.596. The number of hydrogen-bond acceptors (Lipinski definition) is 4. The van der Waals surface area contributed by atoms with E-state index >= 15 is 0 Å².